The molecule has 0 amide bonds. The standard InChI is InChI=1S/C10H12N2O2S/c1-6(7(2)13)10-11-9(12-14-10)8-4-3-5-15-8/h3-7,13H,1-2H3. The van der Waals surface area contributed by atoms with Gasteiger partial charge in [0.1, 0.15) is 0 Å². The zero-order chi connectivity index (χ0) is 10.8. The first-order valence-electron chi connectivity index (χ1n) is 4.74. The monoisotopic (exact) mass is 224 g/mol. The summed E-state index contributed by atoms with van der Waals surface area (Å²) in [5.74, 6) is 0.937. The van der Waals surface area contributed by atoms with Gasteiger partial charge in [0, 0.05) is 0 Å². The van der Waals surface area contributed by atoms with Crippen molar-refractivity contribution in [3.63, 3.8) is 0 Å². The van der Waals surface area contributed by atoms with Crippen LogP contribution in [0.4, 0.5) is 0 Å². The van der Waals surface area contributed by atoms with Crippen molar-refractivity contribution in [1.82, 2.24) is 10.1 Å². The minimum atomic E-state index is -0.485. The van der Waals surface area contributed by atoms with Crippen LogP contribution in [-0.4, -0.2) is 21.4 Å². The summed E-state index contributed by atoms with van der Waals surface area (Å²) in [5.41, 5.74) is 0. The van der Waals surface area contributed by atoms with Crippen molar-refractivity contribution in [3.05, 3.63) is 23.4 Å². The second-order valence-electron chi connectivity index (χ2n) is 3.46. The molecule has 0 saturated heterocycles. The fourth-order valence-electron chi connectivity index (χ4n) is 1.13. The fourth-order valence-corrected chi connectivity index (χ4v) is 1.78. The Morgan fingerprint density at radius 1 is 1.47 bits per heavy atom. The summed E-state index contributed by atoms with van der Waals surface area (Å²) in [6, 6.07) is 3.88. The molecule has 4 nitrogen and oxygen atoms in total. The minimum Gasteiger partial charge on any atom is -0.393 e. The summed E-state index contributed by atoms with van der Waals surface area (Å²) >= 11 is 1.56. The lowest BCUT2D eigenvalue weighted by atomic mass is 10.1. The molecule has 0 spiro atoms. The number of nitrogens with zero attached hydrogens (tertiary/aromatic N) is 2. The van der Waals surface area contributed by atoms with Crippen LogP contribution in [0.3, 0.4) is 0 Å². The van der Waals surface area contributed by atoms with Crippen LogP contribution in [0.5, 0.6) is 0 Å². The topological polar surface area (TPSA) is 59.2 Å². The maximum atomic E-state index is 9.39. The third kappa shape index (κ3) is 2.08. The third-order valence-electron chi connectivity index (χ3n) is 2.30. The molecule has 0 radical (unpaired) electrons. The average molecular weight is 224 g/mol. The summed E-state index contributed by atoms with van der Waals surface area (Å²) in [7, 11) is 0. The molecule has 80 valence electrons. The maximum Gasteiger partial charge on any atom is 0.232 e. The molecular formula is C10H12N2O2S. The Bertz CT molecular complexity index is 422. The molecule has 0 bridgehead atoms. The number of aromatic nitrogens is 2. The molecule has 5 heteroatoms. The Hall–Kier alpha value is -1.20. The van der Waals surface area contributed by atoms with Crippen molar-refractivity contribution in [2.24, 2.45) is 0 Å². The molecule has 2 heterocycles. The van der Waals surface area contributed by atoms with Crippen molar-refractivity contribution in [2.75, 3.05) is 0 Å². The minimum absolute atomic E-state index is 0.133. The first-order chi connectivity index (χ1) is 7.18. The number of thiophene rings is 1. The molecule has 2 atom stereocenters. The maximum absolute atomic E-state index is 9.39. The van der Waals surface area contributed by atoms with Crippen molar-refractivity contribution < 1.29 is 9.63 Å². The van der Waals surface area contributed by atoms with E-state index in [1.807, 2.05) is 24.4 Å². The largest absolute Gasteiger partial charge is 0.393 e. The Balaban J connectivity index is 2.25. The lowest BCUT2D eigenvalue weighted by Crippen LogP contribution is -2.11. The van der Waals surface area contributed by atoms with E-state index in [-0.39, 0.29) is 5.92 Å². The van der Waals surface area contributed by atoms with Crippen molar-refractivity contribution >= 4 is 11.3 Å². The van der Waals surface area contributed by atoms with E-state index in [4.69, 9.17) is 4.52 Å². The number of hydrogen-bond acceptors (Lipinski definition) is 5. The lowest BCUT2D eigenvalue weighted by Gasteiger charge is -2.07. The highest BCUT2D eigenvalue weighted by Crippen LogP contribution is 2.24. The number of hydrogen-bond donors (Lipinski definition) is 1. The molecule has 1 N–H and O–H groups in total. The van der Waals surface area contributed by atoms with Gasteiger partial charge < -0.3 is 9.63 Å². The zero-order valence-corrected chi connectivity index (χ0v) is 9.36. The molecule has 0 aliphatic heterocycles. The van der Waals surface area contributed by atoms with E-state index in [1.165, 1.54) is 0 Å². The second-order valence-corrected chi connectivity index (χ2v) is 4.41. The highest BCUT2D eigenvalue weighted by molar-refractivity contribution is 7.13. The predicted molar refractivity (Wildman–Crippen MR) is 57.7 cm³/mol. The second kappa shape index (κ2) is 4.12. The van der Waals surface area contributed by atoms with Crippen LogP contribution < -0.4 is 0 Å². The summed E-state index contributed by atoms with van der Waals surface area (Å²) in [4.78, 5) is 5.22. The summed E-state index contributed by atoms with van der Waals surface area (Å²) in [5, 5.41) is 15.2. The smallest absolute Gasteiger partial charge is 0.232 e. The lowest BCUT2D eigenvalue weighted by molar-refractivity contribution is 0.151. The van der Waals surface area contributed by atoms with E-state index < -0.39 is 6.10 Å². The molecule has 0 fully saturated rings. The van der Waals surface area contributed by atoms with E-state index in [2.05, 4.69) is 10.1 Å². The van der Waals surface area contributed by atoms with Crippen molar-refractivity contribution in [3.8, 4) is 10.7 Å². The zero-order valence-electron chi connectivity index (χ0n) is 8.54. The molecule has 2 unspecified atom stereocenters. The van der Waals surface area contributed by atoms with Gasteiger partial charge in [0.05, 0.1) is 16.9 Å². The number of rotatable bonds is 3. The summed E-state index contributed by atoms with van der Waals surface area (Å²) in [6.07, 6.45) is -0.485. The van der Waals surface area contributed by atoms with E-state index >= 15 is 0 Å². The van der Waals surface area contributed by atoms with E-state index in [0.29, 0.717) is 11.7 Å². The SMILES string of the molecule is CC(O)C(C)c1nc(-c2cccs2)no1. The molecule has 2 aromatic heterocycles. The van der Waals surface area contributed by atoms with Crippen LogP contribution in [0.15, 0.2) is 22.0 Å². The Morgan fingerprint density at radius 2 is 2.27 bits per heavy atom. The van der Waals surface area contributed by atoms with E-state index in [0.717, 1.165) is 4.88 Å². The summed E-state index contributed by atoms with van der Waals surface area (Å²) < 4.78 is 5.10. The van der Waals surface area contributed by atoms with Gasteiger partial charge in [-0.3, -0.25) is 0 Å². The van der Waals surface area contributed by atoms with Crippen LogP contribution in [0.1, 0.15) is 25.7 Å². The first kappa shape index (κ1) is 10.3. The third-order valence-corrected chi connectivity index (χ3v) is 3.16. The molecule has 15 heavy (non-hydrogen) atoms. The van der Waals surface area contributed by atoms with Crippen molar-refractivity contribution in [2.45, 2.75) is 25.9 Å². The first-order valence-corrected chi connectivity index (χ1v) is 5.62. The van der Waals surface area contributed by atoms with Gasteiger partial charge in [0.15, 0.2) is 0 Å². The van der Waals surface area contributed by atoms with Crippen LogP contribution in [0.2, 0.25) is 0 Å². The van der Waals surface area contributed by atoms with E-state index in [9.17, 15) is 5.11 Å². The molecular weight excluding hydrogens is 212 g/mol. The van der Waals surface area contributed by atoms with E-state index in [1.54, 1.807) is 18.3 Å². The quantitative estimate of drug-likeness (QED) is 0.869. The normalized spacial score (nSPS) is 15.1. The van der Waals surface area contributed by atoms with Crippen LogP contribution in [-0.2, 0) is 0 Å². The molecule has 0 aliphatic rings. The summed E-state index contributed by atoms with van der Waals surface area (Å²) in [6.45, 7) is 3.57. The average Bonchev–Trinajstić information content (AvgIpc) is 2.86. The van der Waals surface area contributed by atoms with Gasteiger partial charge in [-0.05, 0) is 18.4 Å². The molecule has 2 rings (SSSR count). The van der Waals surface area contributed by atoms with Crippen LogP contribution >= 0.6 is 11.3 Å². The van der Waals surface area contributed by atoms with Gasteiger partial charge in [-0.15, -0.1) is 11.3 Å². The fraction of sp³-hybridized carbons (Fsp3) is 0.400. The van der Waals surface area contributed by atoms with Gasteiger partial charge >= 0.3 is 0 Å². The van der Waals surface area contributed by atoms with Crippen LogP contribution in [0, 0.1) is 0 Å². The predicted octanol–water partition coefficient (Wildman–Crippen LogP) is 2.28. The van der Waals surface area contributed by atoms with Gasteiger partial charge in [0.25, 0.3) is 0 Å². The van der Waals surface area contributed by atoms with Gasteiger partial charge in [-0.2, -0.15) is 4.98 Å². The molecule has 0 saturated carbocycles. The Labute approximate surface area is 91.6 Å². The Kier molecular flexibility index (Phi) is 2.83. The van der Waals surface area contributed by atoms with Crippen LogP contribution in [0.25, 0.3) is 10.7 Å². The number of aliphatic hydroxyl groups is 1. The Morgan fingerprint density at radius 3 is 2.87 bits per heavy atom. The highest BCUT2D eigenvalue weighted by atomic mass is 32.1. The van der Waals surface area contributed by atoms with Crippen molar-refractivity contribution in [1.29, 1.82) is 0 Å². The molecule has 0 aliphatic carbocycles. The number of aliphatic hydroxyl groups excluding tert-OH is 1. The molecule has 2 aromatic rings. The van der Waals surface area contributed by atoms with Gasteiger partial charge in [-0.25, -0.2) is 0 Å². The molecule has 0 aromatic carbocycles. The van der Waals surface area contributed by atoms with Gasteiger partial charge in [-0.1, -0.05) is 18.1 Å². The highest BCUT2D eigenvalue weighted by Gasteiger charge is 2.19. The van der Waals surface area contributed by atoms with Gasteiger partial charge in [0.2, 0.25) is 11.7 Å².